The average molecular weight is 514 g/mol. The highest BCUT2D eigenvalue weighted by molar-refractivity contribution is 7.92. The van der Waals surface area contributed by atoms with Gasteiger partial charge in [-0.3, -0.25) is 13.9 Å². The predicted octanol–water partition coefficient (Wildman–Crippen LogP) is 4.01. The summed E-state index contributed by atoms with van der Waals surface area (Å²) >= 11 is 12.5. The molecule has 0 aliphatic carbocycles. The van der Waals surface area contributed by atoms with Crippen LogP contribution in [0.4, 0.5) is 5.69 Å². The lowest BCUT2D eigenvalue weighted by atomic mass is 10.1. The summed E-state index contributed by atoms with van der Waals surface area (Å²) in [7, 11) is -3.83. The molecule has 0 radical (unpaired) electrons. The van der Waals surface area contributed by atoms with Crippen LogP contribution in [0.15, 0.2) is 42.5 Å². The fourth-order valence-electron chi connectivity index (χ4n) is 3.25. The van der Waals surface area contributed by atoms with E-state index in [1.54, 1.807) is 56.3 Å². The van der Waals surface area contributed by atoms with Crippen molar-refractivity contribution in [2.75, 3.05) is 23.7 Å². The second-order valence-electron chi connectivity index (χ2n) is 7.73. The minimum Gasteiger partial charge on any atom is -0.354 e. The number of nitrogens with one attached hydrogen (secondary N) is 1. The Morgan fingerprint density at radius 2 is 1.70 bits per heavy atom. The molecule has 10 heteroatoms. The highest BCUT2D eigenvalue weighted by Crippen LogP contribution is 2.28. The molecule has 0 fully saturated rings. The van der Waals surface area contributed by atoms with Crippen LogP contribution in [0.5, 0.6) is 0 Å². The van der Waals surface area contributed by atoms with Crippen LogP contribution in [0.3, 0.4) is 0 Å². The normalized spacial score (nSPS) is 12.2. The molecule has 0 spiro atoms. The summed E-state index contributed by atoms with van der Waals surface area (Å²) in [6, 6.07) is 11.0. The van der Waals surface area contributed by atoms with Crippen molar-refractivity contribution in [2.24, 2.45) is 0 Å². The van der Waals surface area contributed by atoms with E-state index in [2.05, 4.69) is 5.32 Å². The summed E-state index contributed by atoms with van der Waals surface area (Å²) < 4.78 is 26.3. The molecule has 2 rings (SSSR count). The molecular formula is C23H29Cl2N3O4S. The lowest BCUT2D eigenvalue weighted by Gasteiger charge is -2.32. The predicted molar refractivity (Wildman–Crippen MR) is 133 cm³/mol. The van der Waals surface area contributed by atoms with Gasteiger partial charge in [0.05, 0.1) is 11.9 Å². The molecule has 1 unspecified atom stereocenters. The number of anilines is 1. The third kappa shape index (κ3) is 7.09. The monoisotopic (exact) mass is 513 g/mol. The fraction of sp³-hybridized carbons (Fsp3) is 0.391. The molecule has 0 aliphatic heterocycles. The van der Waals surface area contributed by atoms with E-state index in [1.807, 2.05) is 6.92 Å². The van der Waals surface area contributed by atoms with Crippen LogP contribution >= 0.6 is 23.2 Å². The van der Waals surface area contributed by atoms with E-state index in [0.29, 0.717) is 33.4 Å². The molecule has 2 amide bonds. The number of nitrogens with zero attached hydrogens (tertiary/aromatic N) is 2. The number of rotatable bonds is 10. The van der Waals surface area contributed by atoms with E-state index in [1.165, 1.54) is 4.90 Å². The van der Waals surface area contributed by atoms with Crippen LogP contribution < -0.4 is 9.62 Å². The molecule has 7 nitrogen and oxygen atoms in total. The number of amides is 2. The van der Waals surface area contributed by atoms with Gasteiger partial charge in [0, 0.05) is 23.1 Å². The first-order valence-corrected chi connectivity index (χ1v) is 13.1. The van der Waals surface area contributed by atoms with Crippen molar-refractivity contribution in [1.82, 2.24) is 10.2 Å². The molecule has 0 aromatic heterocycles. The van der Waals surface area contributed by atoms with Crippen molar-refractivity contribution in [2.45, 2.75) is 39.8 Å². The number of carbonyl (C=O) groups excluding carboxylic acids is 2. The lowest BCUT2D eigenvalue weighted by Crippen LogP contribution is -2.51. The Morgan fingerprint density at radius 1 is 1.06 bits per heavy atom. The zero-order valence-electron chi connectivity index (χ0n) is 19.1. The Hall–Kier alpha value is -2.29. The molecule has 0 bridgehead atoms. The van der Waals surface area contributed by atoms with Gasteiger partial charge in [-0.1, -0.05) is 54.4 Å². The zero-order valence-corrected chi connectivity index (χ0v) is 21.5. The van der Waals surface area contributed by atoms with Crippen LogP contribution in [0.2, 0.25) is 10.0 Å². The molecule has 0 saturated carbocycles. The Kier molecular flexibility index (Phi) is 9.57. The number of hydrogen-bond acceptors (Lipinski definition) is 4. The first-order chi connectivity index (χ1) is 15.5. The van der Waals surface area contributed by atoms with Crippen molar-refractivity contribution >= 4 is 50.7 Å². The Bertz CT molecular complexity index is 1110. The standard InChI is InChI=1S/C23H29Cl2N3O4S/c1-5-13-26-23(30)17(3)27(14-18-9-6-7-10-20(18)25)22(29)15-28(33(4,31)32)21-12-8-11-19(24)16(21)2/h6-12,17H,5,13-15H2,1-4H3,(H,26,30). The number of sulfonamides is 1. The van der Waals surface area contributed by atoms with Crippen LogP contribution in [-0.4, -0.2) is 50.5 Å². The van der Waals surface area contributed by atoms with Crippen LogP contribution in [0.1, 0.15) is 31.4 Å². The third-order valence-corrected chi connectivity index (χ3v) is 7.11. The summed E-state index contributed by atoms with van der Waals surface area (Å²) in [6.07, 6.45) is 1.77. The van der Waals surface area contributed by atoms with Gasteiger partial charge in [0.25, 0.3) is 0 Å². The van der Waals surface area contributed by atoms with Gasteiger partial charge in [-0.05, 0) is 49.6 Å². The number of halogens is 2. The highest BCUT2D eigenvalue weighted by Gasteiger charge is 2.31. The molecule has 2 aromatic rings. The zero-order chi connectivity index (χ0) is 24.8. The summed E-state index contributed by atoms with van der Waals surface area (Å²) in [6.45, 7) is 5.24. The number of hydrogen-bond donors (Lipinski definition) is 1. The van der Waals surface area contributed by atoms with Gasteiger partial charge in [-0.25, -0.2) is 8.42 Å². The van der Waals surface area contributed by atoms with Gasteiger partial charge in [-0.2, -0.15) is 0 Å². The molecule has 2 aromatic carbocycles. The van der Waals surface area contributed by atoms with Gasteiger partial charge in [0.1, 0.15) is 12.6 Å². The Labute approximate surface area is 205 Å². The molecular weight excluding hydrogens is 485 g/mol. The largest absolute Gasteiger partial charge is 0.354 e. The number of carbonyl (C=O) groups is 2. The molecule has 33 heavy (non-hydrogen) atoms. The number of benzene rings is 2. The summed E-state index contributed by atoms with van der Waals surface area (Å²) in [5, 5.41) is 3.61. The lowest BCUT2D eigenvalue weighted by molar-refractivity contribution is -0.139. The van der Waals surface area contributed by atoms with Crippen molar-refractivity contribution in [3.05, 3.63) is 63.6 Å². The topological polar surface area (TPSA) is 86.8 Å². The van der Waals surface area contributed by atoms with Crippen LogP contribution in [0.25, 0.3) is 0 Å². The van der Waals surface area contributed by atoms with E-state index in [-0.39, 0.29) is 12.5 Å². The quantitative estimate of drug-likeness (QED) is 0.519. The van der Waals surface area contributed by atoms with Crippen molar-refractivity contribution < 1.29 is 18.0 Å². The van der Waals surface area contributed by atoms with Gasteiger partial charge < -0.3 is 10.2 Å². The Balaban J connectivity index is 2.43. The first kappa shape index (κ1) is 27.0. The van der Waals surface area contributed by atoms with Crippen molar-refractivity contribution in [3.63, 3.8) is 0 Å². The minimum atomic E-state index is -3.83. The molecule has 0 saturated heterocycles. The van der Waals surface area contributed by atoms with E-state index in [4.69, 9.17) is 23.2 Å². The molecule has 1 N–H and O–H groups in total. The minimum absolute atomic E-state index is 0.0470. The molecule has 180 valence electrons. The average Bonchev–Trinajstić information content (AvgIpc) is 2.76. The highest BCUT2D eigenvalue weighted by atomic mass is 35.5. The van der Waals surface area contributed by atoms with Gasteiger partial charge in [-0.15, -0.1) is 0 Å². The molecule has 1 atom stereocenters. The maximum Gasteiger partial charge on any atom is 0.244 e. The van der Waals surface area contributed by atoms with E-state index in [9.17, 15) is 18.0 Å². The van der Waals surface area contributed by atoms with E-state index < -0.39 is 28.5 Å². The SMILES string of the molecule is CCCNC(=O)C(C)N(Cc1ccccc1Cl)C(=O)CN(c1cccc(Cl)c1C)S(C)(=O)=O. The summed E-state index contributed by atoms with van der Waals surface area (Å²) in [4.78, 5) is 27.5. The maximum absolute atomic E-state index is 13.5. The van der Waals surface area contributed by atoms with Crippen LogP contribution in [0, 0.1) is 6.92 Å². The van der Waals surface area contributed by atoms with Crippen molar-refractivity contribution in [1.29, 1.82) is 0 Å². The van der Waals surface area contributed by atoms with E-state index >= 15 is 0 Å². The van der Waals surface area contributed by atoms with Gasteiger partial charge in [0.2, 0.25) is 21.8 Å². The Morgan fingerprint density at radius 3 is 2.30 bits per heavy atom. The van der Waals surface area contributed by atoms with Gasteiger partial charge in [0.15, 0.2) is 0 Å². The fourth-order valence-corrected chi connectivity index (χ4v) is 4.51. The first-order valence-electron chi connectivity index (χ1n) is 10.5. The maximum atomic E-state index is 13.5. The molecule has 0 heterocycles. The van der Waals surface area contributed by atoms with Crippen molar-refractivity contribution in [3.8, 4) is 0 Å². The van der Waals surface area contributed by atoms with Gasteiger partial charge >= 0.3 is 0 Å². The summed E-state index contributed by atoms with van der Waals surface area (Å²) in [5.74, 6) is -0.874. The second kappa shape index (κ2) is 11.7. The van der Waals surface area contributed by atoms with E-state index in [0.717, 1.165) is 17.0 Å². The van der Waals surface area contributed by atoms with Crippen LogP contribution in [-0.2, 0) is 26.2 Å². The molecule has 0 aliphatic rings. The second-order valence-corrected chi connectivity index (χ2v) is 10.5. The summed E-state index contributed by atoms with van der Waals surface area (Å²) in [5.41, 5.74) is 1.48. The smallest absolute Gasteiger partial charge is 0.244 e. The third-order valence-electron chi connectivity index (χ3n) is 5.20.